The van der Waals surface area contributed by atoms with Gasteiger partial charge in [-0.25, -0.2) is 9.48 Å². The van der Waals surface area contributed by atoms with Gasteiger partial charge in [-0.15, -0.1) is 5.10 Å². The van der Waals surface area contributed by atoms with Crippen LogP contribution < -0.4 is 10.6 Å². The molecule has 0 unspecified atom stereocenters. The smallest absolute Gasteiger partial charge is 0.319 e. The summed E-state index contributed by atoms with van der Waals surface area (Å²) < 4.78 is 7.68. The molecule has 0 aliphatic heterocycles. The molecular weight excluding hydrogens is 368 g/mol. The second-order valence-electron chi connectivity index (χ2n) is 7.26. The molecule has 2 amide bonds. The van der Waals surface area contributed by atoms with Gasteiger partial charge in [-0.3, -0.25) is 0 Å². The zero-order valence-corrected chi connectivity index (χ0v) is 15.9. The number of hydrogen-bond donors (Lipinski definition) is 2. The molecule has 4 aromatic rings. The first-order chi connectivity index (χ1) is 14.2. The number of amides is 2. The highest BCUT2D eigenvalue weighted by Crippen LogP contribution is 2.36. The number of furan rings is 1. The largest absolute Gasteiger partial charge is 0.459 e. The summed E-state index contributed by atoms with van der Waals surface area (Å²) in [4.78, 5) is 12.4. The lowest BCUT2D eigenvalue weighted by atomic mass is 10.2. The summed E-state index contributed by atoms with van der Waals surface area (Å²) in [5.74, 6) is 1.46. The maximum atomic E-state index is 12.4. The molecule has 1 aliphatic rings. The minimum absolute atomic E-state index is 0.259. The Balaban J connectivity index is 1.24. The average Bonchev–Trinajstić information content (AvgIpc) is 3.28. The lowest BCUT2D eigenvalue weighted by Crippen LogP contribution is -2.30. The van der Waals surface area contributed by atoms with E-state index >= 15 is 0 Å². The number of nitrogens with one attached hydrogen (secondary N) is 2. The topological polar surface area (TPSA) is 97.9 Å². The summed E-state index contributed by atoms with van der Waals surface area (Å²) in [6.45, 7) is 1.89. The highest BCUT2D eigenvalue weighted by atomic mass is 16.3. The van der Waals surface area contributed by atoms with E-state index in [0.29, 0.717) is 17.5 Å². The molecule has 0 radical (unpaired) electrons. The van der Waals surface area contributed by atoms with E-state index in [9.17, 15) is 4.79 Å². The van der Waals surface area contributed by atoms with Crippen molar-refractivity contribution in [3.63, 3.8) is 0 Å². The van der Waals surface area contributed by atoms with Crippen molar-refractivity contribution in [2.24, 2.45) is 0 Å². The molecule has 0 bridgehead atoms. The molecule has 2 aromatic heterocycles. The molecule has 1 atom stereocenters. The minimum Gasteiger partial charge on any atom is -0.459 e. The average molecular weight is 388 g/mol. The van der Waals surface area contributed by atoms with Crippen LogP contribution in [-0.4, -0.2) is 26.2 Å². The Morgan fingerprint density at radius 1 is 1.17 bits per heavy atom. The Kier molecular flexibility index (Phi) is 4.23. The number of hydrogen-bond acceptors (Lipinski definition) is 5. The molecule has 1 saturated carbocycles. The number of anilines is 1. The van der Waals surface area contributed by atoms with E-state index in [4.69, 9.17) is 4.42 Å². The molecule has 8 nitrogen and oxygen atoms in total. The molecule has 146 valence electrons. The fourth-order valence-electron chi connectivity index (χ4n) is 3.30. The molecular formula is C21H20N6O2. The van der Waals surface area contributed by atoms with Crippen molar-refractivity contribution in [2.75, 3.05) is 5.32 Å². The van der Waals surface area contributed by atoms with Gasteiger partial charge in [0.05, 0.1) is 12.1 Å². The number of para-hydroxylation sites is 1. The number of tetrazole rings is 1. The van der Waals surface area contributed by atoms with Crippen molar-refractivity contribution >= 4 is 22.7 Å². The Morgan fingerprint density at radius 2 is 1.97 bits per heavy atom. The zero-order valence-electron chi connectivity index (χ0n) is 15.9. The fourth-order valence-corrected chi connectivity index (χ4v) is 3.30. The van der Waals surface area contributed by atoms with Crippen LogP contribution in [0.25, 0.3) is 22.4 Å². The van der Waals surface area contributed by atoms with Crippen LogP contribution in [-0.2, 0) is 0 Å². The number of rotatable bonds is 5. The van der Waals surface area contributed by atoms with E-state index in [0.717, 1.165) is 35.2 Å². The van der Waals surface area contributed by atoms with Crippen molar-refractivity contribution in [1.82, 2.24) is 25.5 Å². The summed E-state index contributed by atoms with van der Waals surface area (Å²) >= 11 is 0. The molecule has 2 aromatic carbocycles. The number of carbonyl (C=O) groups is 1. The number of fused-ring (bicyclic) bond motifs is 1. The number of benzene rings is 2. The highest BCUT2D eigenvalue weighted by Gasteiger charge is 2.28. The molecule has 0 spiro atoms. The molecule has 0 saturated heterocycles. The number of urea groups is 1. The van der Waals surface area contributed by atoms with Crippen LogP contribution in [0, 0.1) is 0 Å². The van der Waals surface area contributed by atoms with Crippen LogP contribution >= 0.6 is 0 Å². The Bertz CT molecular complexity index is 1130. The number of carbonyl (C=O) groups excluding carboxylic acids is 1. The van der Waals surface area contributed by atoms with E-state index in [1.165, 1.54) is 0 Å². The van der Waals surface area contributed by atoms with E-state index in [1.807, 2.05) is 66.2 Å². The maximum absolute atomic E-state index is 12.4. The fraction of sp³-hybridized carbons (Fsp3) is 0.238. The van der Waals surface area contributed by atoms with Crippen molar-refractivity contribution in [1.29, 1.82) is 0 Å². The van der Waals surface area contributed by atoms with Gasteiger partial charge in [0, 0.05) is 16.6 Å². The third-order valence-corrected chi connectivity index (χ3v) is 5.01. The normalized spacial score (nSPS) is 14.7. The van der Waals surface area contributed by atoms with Crippen LogP contribution in [0.1, 0.15) is 37.6 Å². The van der Waals surface area contributed by atoms with Gasteiger partial charge < -0.3 is 15.1 Å². The first-order valence-corrected chi connectivity index (χ1v) is 9.62. The van der Waals surface area contributed by atoms with Crippen molar-refractivity contribution in [3.05, 3.63) is 60.4 Å². The second-order valence-corrected chi connectivity index (χ2v) is 7.26. The van der Waals surface area contributed by atoms with Crippen LogP contribution in [0.2, 0.25) is 0 Å². The quantitative estimate of drug-likeness (QED) is 0.531. The third-order valence-electron chi connectivity index (χ3n) is 5.01. The summed E-state index contributed by atoms with van der Waals surface area (Å²) in [7, 11) is 0. The van der Waals surface area contributed by atoms with Crippen LogP contribution in [0.3, 0.4) is 0 Å². The predicted molar refractivity (Wildman–Crippen MR) is 108 cm³/mol. The Hall–Kier alpha value is -3.68. The predicted octanol–water partition coefficient (Wildman–Crippen LogP) is 4.30. The van der Waals surface area contributed by atoms with Gasteiger partial charge in [-0.1, -0.05) is 18.2 Å². The zero-order chi connectivity index (χ0) is 19.8. The van der Waals surface area contributed by atoms with Crippen LogP contribution in [0.15, 0.2) is 59.0 Å². The highest BCUT2D eigenvalue weighted by molar-refractivity contribution is 5.89. The van der Waals surface area contributed by atoms with Gasteiger partial charge in [-0.2, -0.15) is 0 Å². The number of nitrogens with zero attached hydrogens (tertiary/aromatic N) is 4. The number of aromatic nitrogens is 4. The standard InChI is InChI=1S/C21H20N6O2/c1-13(19-12-15-4-2-3-5-18(15)29-19)22-21(28)23-16-8-6-14(7-9-16)20-24-25-26-27(20)17-10-11-17/h2-9,12-13,17H,10-11H2,1H3,(H2,22,23,28)/t13-/m0/s1. The monoisotopic (exact) mass is 388 g/mol. The van der Waals surface area contributed by atoms with Gasteiger partial charge in [0.1, 0.15) is 11.3 Å². The van der Waals surface area contributed by atoms with Gasteiger partial charge in [0.15, 0.2) is 5.82 Å². The van der Waals surface area contributed by atoms with E-state index < -0.39 is 0 Å². The van der Waals surface area contributed by atoms with E-state index in [2.05, 4.69) is 26.2 Å². The first-order valence-electron chi connectivity index (χ1n) is 9.62. The lowest BCUT2D eigenvalue weighted by molar-refractivity contribution is 0.248. The van der Waals surface area contributed by atoms with Gasteiger partial charge >= 0.3 is 6.03 Å². The molecule has 5 rings (SSSR count). The van der Waals surface area contributed by atoms with Crippen molar-refractivity contribution in [2.45, 2.75) is 31.8 Å². The molecule has 29 heavy (non-hydrogen) atoms. The van der Waals surface area contributed by atoms with Gasteiger partial charge in [0.2, 0.25) is 0 Å². The van der Waals surface area contributed by atoms with Gasteiger partial charge in [0.25, 0.3) is 0 Å². The Labute approximate surface area is 166 Å². The minimum atomic E-state index is -0.298. The summed E-state index contributed by atoms with van der Waals surface area (Å²) in [6, 6.07) is 17.1. The lowest BCUT2D eigenvalue weighted by Gasteiger charge is -2.13. The van der Waals surface area contributed by atoms with Crippen LogP contribution in [0.4, 0.5) is 10.5 Å². The summed E-state index contributed by atoms with van der Waals surface area (Å²) in [6.07, 6.45) is 2.22. The molecule has 2 N–H and O–H groups in total. The SMILES string of the molecule is C[C@H](NC(=O)Nc1ccc(-c2nnnn2C2CC2)cc1)c1cc2ccccc2o1. The van der Waals surface area contributed by atoms with Crippen molar-refractivity contribution in [3.8, 4) is 11.4 Å². The van der Waals surface area contributed by atoms with E-state index in [-0.39, 0.29) is 12.1 Å². The third kappa shape index (κ3) is 3.56. The van der Waals surface area contributed by atoms with Crippen LogP contribution in [0.5, 0.6) is 0 Å². The molecule has 2 heterocycles. The van der Waals surface area contributed by atoms with E-state index in [1.54, 1.807) is 0 Å². The second kappa shape index (κ2) is 7.05. The molecule has 1 fully saturated rings. The molecule has 8 heteroatoms. The van der Waals surface area contributed by atoms with Gasteiger partial charge in [-0.05, 0) is 66.6 Å². The molecule has 1 aliphatic carbocycles. The maximum Gasteiger partial charge on any atom is 0.319 e. The summed E-state index contributed by atoms with van der Waals surface area (Å²) in [5.41, 5.74) is 2.41. The summed E-state index contributed by atoms with van der Waals surface area (Å²) in [5, 5.41) is 18.7. The first kappa shape index (κ1) is 17.4. The van der Waals surface area contributed by atoms with Crippen molar-refractivity contribution < 1.29 is 9.21 Å². The Morgan fingerprint density at radius 3 is 2.72 bits per heavy atom.